The summed E-state index contributed by atoms with van der Waals surface area (Å²) in [6.07, 6.45) is -8.83. The van der Waals surface area contributed by atoms with Gasteiger partial charge in [0.25, 0.3) is 5.91 Å². The molecule has 1 N–H and O–H groups in total. The number of ether oxygens (including phenoxy) is 1. The van der Waals surface area contributed by atoms with Gasteiger partial charge in [-0.15, -0.1) is 0 Å². The third-order valence-corrected chi connectivity index (χ3v) is 3.64. The first kappa shape index (κ1) is 21.8. The number of carbonyl (C=O) groups excluding carboxylic acids is 1. The second-order valence-corrected chi connectivity index (χ2v) is 5.85. The first-order chi connectivity index (χ1) is 12.8. The molecule has 2 aromatic carbocycles. The maximum absolute atomic E-state index is 14.1. The van der Waals surface area contributed by atoms with Crippen molar-refractivity contribution in [2.45, 2.75) is 12.4 Å². The molecule has 152 valence electrons. The van der Waals surface area contributed by atoms with Crippen LogP contribution in [0.5, 0.6) is 11.5 Å². The molecule has 0 aromatic heterocycles. The lowest BCUT2D eigenvalue weighted by molar-refractivity contribution is -0.143. The van der Waals surface area contributed by atoms with Crippen LogP contribution >= 0.6 is 11.9 Å². The topological polar surface area (TPSA) is 38.3 Å². The summed E-state index contributed by atoms with van der Waals surface area (Å²) in [5.41, 5.74) is -4.09. The molecular weight excluding hydrogens is 422 g/mol. The Balaban J connectivity index is 2.48. The molecule has 3 nitrogen and oxygen atoms in total. The Morgan fingerprint density at radius 2 is 1.43 bits per heavy atom. The second-order valence-electron chi connectivity index (χ2n) is 5.24. The molecule has 0 unspecified atom stereocenters. The molecule has 0 spiro atoms. The van der Waals surface area contributed by atoms with Crippen molar-refractivity contribution in [3.8, 4) is 11.5 Å². The molecule has 1 amide bonds. The van der Waals surface area contributed by atoms with Crippen LogP contribution in [0.1, 0.15) is 21.5 Å². The van der Waals surface area contributed by atoms with Crippen LogP contribution in [0.3, 0.4) is 0 Å². The highest BCUT2D eigenvalue weighted by Crippen LogP contribution is 2.39. The van der Waals surface area contributed by atoms with Gasteiger partial charge in [-0.05, 0) is 24.3 Å². The molecule has 28 heavy (non-hydrogen) atoms. The van der Waals surface area contributed by atoms with Crippen LogP contribution in [0.2, 0.25) is 0 Å². The van der Waals surface area contributed by atoms with Gasteiger partial charge in [0.15, 0.2) is 11.6 Å². The molecule has 0 aliphatic carbocycles. The van der Waals surface area contributed by atoms with Crippen LogP contribution in [0.4, 0.5) is 35.1 Å². The number of halogens is 8. The van der Waals surface area contributed by atoms with E-state index in [1.807, 2.05) is 0 Å². The quantitative estimate of drug-likeness (QED) is 0.491. The van der Waals surface area contributed by atoms with E-state index < -0.39 is 58.1 Å². The van der Waals surface area contributed by atoms with E-state index in [-0.39, 0.29) is 18.2 Å². The van der Waals surface area contributed by atoms with Gasteiger partial charge in [0.05, 0.1) is 16.7 Å². The number of alkyl halides is 6. The highest BCUT2D eigenvalue weighted by atomic mass is 32.2. The lowest BCUT2D eigenvalue weighted by Gasteiger charge is -2.15. The van der Waals surface area contributed by atoms with Crippen LogP contribution in [-0.2, 0) is 12.4 Å². The Kier molecular flexibility index (Phi) is 6.12. The zero-order chi connectivity index (χ0) is 21.3. The minimum atomic E-state index is -5.14. The molecule has 2 rings (SSSR count). The molecule has 0 saturated heterocycles. The summed E-state index contributed by atoms with van der Waals surface area (Å²) < 4.78 is 112. The third-order valence-electron chi connectivity index (χ3n) is 3.25. The zero-order valence-electron chi connectivity index (χ0n) is 13.6. The van der Waals surface area contributed by atoms with Crippen molar-refractivity contribution in [2.75, 3.05) is 6.26 Å². The van der Waals surface area contributed by atoms with Crippen molar-refractivity contribution < 1.29 is 44.7 Å². The maximum atomic E-state index is 14.1. The van der Waals surface area contributed by atoms with Crippen molar-refractivity contribution in [1.82, 2.24) is 4.72 Å². The fourth-order valence-corrected chi connectivity index (χ4v) is 2.34. The summed E-state index contributed by atoms with van der Waals surface area (Å²) >= 11 is 0.801. The van der Waals surface area contributed by atoms with Crippen molar-refractivity contribution in [3.05, 3.63) is 58.7 Å². The summed E-state index contributed by atoms with van der Waals surface area (Å²) in [4.78, 5) is 11.6. The molecule has 0 bridgehead atoms. The SMILES string of the molecule is CSNC(=O)c1cc(F)c(Oc2cc(C(F)(F)F)cc(C(F)(F)F)c2)cc1F. The molecule has 0 aliphatic heterocycles. The van der Waals surface area contributed by atoms with Gasteiger partial charge in [-0.1, -0.05) is 11.9 Å². The average Bonchev–Trinajstić information content (AvgIpc) is 2.56. The van der Waals surface area contributed by atoms with Crippen LogP contribution in [0, 0.1) is 11.6 Å². The van der Waals surface area contributed by atoms with E-state index in [4.69, 9.17) is 4.74 Å². The highest BCUT2D eigenvalue weighted by Gasteiger charge is 2.37. The molecule has 0 radical (unpaired) electrons. The van der Waals surface area contributed by atoms with E-state index in [1.54, 1.807) is 0 Å². The van der Waals surface area contributed by atoms with E-state index in [0.717, 1.165) is 11.9 Å². The smallest absolute Gasteiger partial charge is 0.416 e. The highest BCUT2D eigenvalue weighted by molar-refractivity contribution is 7.97. The number of nitrogens with one attached hydrogen (secondary N) is 1. The monoisotopic (exact) mass is 431 g/mol. The van der Waals surface area contributed by atoms with Crippen molar-refractivity contribution >= 4 is 17.9 Å². The Morgan fingerprint density at radius 1 is 0.893 bits per heavy atom. The number of carbonyl (C=O) groups is 1. The molecule has 0 heterocycles. The largest absolute Gasteiger partial charge is 0.454 e. The molecule has 2 aromatic rings. The maximum Gasteiger partial charge on any atom is 0.416 e. The lowest BCUT2D eigenvalue weighted by Crippen LogP contribution is -2.17. The normalized spacial score (nSPS) is 12.0. The summed E-state index contributed by atoms with van der Waals surface area (Å²) in [6, 6.07) is 1.04. The molecule has 0 atom stereocenters. The third kappa shape index (κ3) is 5.06. The van der Waals surface area contributed by atoms with Gasteiger partial charge in [0.2, 0.25) is 0 Å². The van der Waals surface area contributed by atoms with Gasteiger partial charge in [-0.2, -0.15) is 26.3 Å². The molecule has 12 heteroatoms. The fraction of sp³-hybridized carbons (Fsp3) is 0.188. The molecular formula is C16H9F8NO2S. The minimum Gasteiger partial charge on any atom is -0.454 e. The first-order valence-corrected chi connectivity index (χ1v) is 8.35. The Bertz CT molecular complexity index is 863. The molecule has 0 fully saturated rings. The Hall–Kier alpha value is -2.50. The predicted octanol–water partition coefficient (Wildman–Crippen LogP) is 5.80. The summed E-state index contributed by atoms with van der Waals surface area (Å²) in [6.45, 7) is 0. The van der Waals surface area contributed by atoms with Crippen molar-refractivity contribution in [3.63, 3.8) is 0 Å². The number of amides is 1. The van der Waals surface area contributed by atoms with Gasteiger partial charge >= 0.3 is 12.4 Å². The number of rotatable bonds is 4. The Morgan fingerprint density at radius 3 is 1.89 bits per heavy atom. The summed E-state index contributed by atoms with van der Waals surface area (Å²) in [7, 11) is 0. The summed E-state index contributed by atoms with van der Waals surface area (Å²) in [5, 5.41) is 0. The van der Waals surface area contributed by atoms with Gasteiger partial charge in [-0.25, -0.2) is 8.78 Å². The van der Waals surface area contributed by atoms with Crippen molar-refractivity contribution in [2.24, 2.45) is 0 Å². The van der Waals surface area contributed by atoms with E-state index in [9.17, 15) is 39.9 Å². The standard InChI is InChI=1S/C16H9F8NO2S/c1-28-25-14(26)10-5-12(18)13(6-11(10)17)27-9-3-7(15(19,20)21)2-8(4-9)16(22,23)24/h2-6H,1H3,(H,25,26). The zero-order valence-corrected chi connectivity index (χ0v) is 14.5. The van der Waals surface area contributed by atoms with Gasteiger partial charge in [0, 0.05) is 12.3 Å². The van der Waals surface area contributed by atoms with Gasteiger partial charge in [0.1, 0.15) is 11.6 Å². The average molecular weight is 431 g/mol. The lowest BCUT2D eigenvalue weighted by atomic mass is 10.1. The van der Waals surface area contributed by atoms with Crippen LogP contribution < -0.4 is 9.46 Å². The van der Waals surface area contributed by atoms with Crippen LogP contribution in [0.25, 0.3) is 0 Å². The first-order valence-electron chi connectivity index (χ1n) is 7.12. The van der Waals surface area contributed by atoms with Gasteiger partial charge < -0.3 is 4.74 Å². The molecule has 0 aliphatic rings. The van der Waals surface area contributed by atoms with E-state index in [1.165, 1.54) is 6.26 Å². The van der Waals surface area contributed by atoms with Crippen LogP contribution in [-0.4, -0.2) is 12.2 Å². The predicted molar refractivity (Wildman–Crippen MR) is 83.9 cm³/mol. The fourth-order valence-electron chi connectivity index (χ4n) is 2.04. The summed E-state index contributed by atoms with van der Waals surface area (Å²) in [5.74, 6) is -5.65. The minimum absolute atomic E-state index is 0.139. The van der Waals surface area contributed by atoms with E-state index in [0.29, 0.717) is 12.1 Å². The second kappa shape index (κ2) is 7.86. The number of hydrogen-bond donors (Lipinski definition) is 1. The van der Waals surface area contributed by atoms with Crippen LogP contribution in [0.15, 0.2) is 30.3 Å². The number of benzene rings is 2. The number of hydrogen-bond acceptors (Lipinski definition) is 3. The van der Waals surface area contributed by atoms with E-state index in [2.05, 4.69) is 4.72 Å². The van der Waals surface area contributed by atoms with E-state index >= 15 is 0 Å². The van der Waals surface area contributed by atoms with Gasteiger partial charge in [-0.3, -0.25) is 9.52 Å². The van der Waals surface area contributed by atoms with Crippen molar-refractivity contribution in [1.29, 1.82) is 0 Å². The Labute approximate surface area is 156 Å². The molecule has 0 saturated carbocycles.